The van der Waals surface area contributed by atoms with Gasteiger partial charge in [-0.2, -0.15) is 0 Å². The van der Waals surface area contributed by atoms with E-state index in [1.807, 2.05) is 35.2 Å². The van der Waals surface area contributed by atoms with Gasteiger partial charge < -0.3 is 4.90 Å². The lowest BCUT2D eigenvalue weighted by atomic mass is 10.1. The molecule has 1 fully saturated rings. The van der Waals surface area contributed by atoms with Gasteiger partial charge in [-0.1, -0.05) is 40.2 Å². The summed E-state index contributed by atoms with van der Waals surface area (Å²) in [5.74, 6) is 0.538. The van der Waals surface area contributed by atoms with Crippen molar-refractivity contribution in [1.29, 1.82) is 0 Å². The Morgan fingerprint density at radius 2 is 2.25 bits per heavy atom. The average molecular weight is 280 g/mol. The Hall–Kier alpha value is -1.09. The van der Waals surface area contributed by atoms with E-state index in [-0.39, 0.29) is 5.91 Å². The summed E-state index contributed by atoms with van der Waals surface area (Å²) in [6.45, 7) is 5.23. The van der Waals surface area contributed by atoms with Gasteiger partial charge in [0.1, 0.15) is 0 Å². The molecule has 3 heteroatoms. The normalized spacial score (nSPS) is 20.2. The largest absolute Gasteiger partial charge is 0.338 e. The third-order valence-electron chi connectivity index (χ3n) is 2.90. The Morgan fingerprint density at radius 3 is 2.88 bits per heavy atom. The first-order chi connectivity index (χ1) is 7.70. The maximum Gasteiger partial charge on any atom is 0.223 e. The molecule has 1 aromatic rings. The zero-order chi connectivity index (χ0) is 11.5. The van der Waals surface area contributed by atoms with Crippen LogP contribution in [0.5, 0.6) is 0 Å². The highest BCUT2D eigenvalue weighted by Gasteiger charge is 2.27. The third kappa shape index (κ3) is 2.35. The number of halogens is 1. The van der Waals surface area contributed by atoms with Gasteiger partial charge in [0.2, 0.25) is 5.91 Å². The van der Waals surface area contributed by atoms with Crippen LogP contribution in [0.15, 0.2) is 41.4 Å². The minimum Gasteiger partial charge on any atom is -0.338 e. The summed E-state index contributed by atoms with van der Waals surface area (Å²) in [6.07, 6.45) is 2.48. The van der Waals surface area contributed by atoms with Crippen LogP contribution < -0.4 is 0 Å². The van der Waals surface area contributed by atoms with Gasteiger partial charge in [-0.05, 0) is 11.6 Å². The Morgan fingerprint density at radius 1 is 1.50 bits per heavy atom. The quantitative estimate of drug-likeness (QED) is 0.779. The van der Waals surface area contributed by atoms with Gasteiger partial charge in [-0.3, -0.25) is 4.79 Å². The first-order valence-electron chi connectivity index (χ1n) is 5.34. The predicted molar refractivity (Wildman–Crippen MR) is 67.9 cm³/mol. The van der Waals surface area contributed by atoms with E-state index in [1.165, 1.54) is 0 Å². The van der Waals surface area contributed by atoms with Crippen molar-refractivity contribution in [2.24, 2.45) is 5.92 Å². The van der Waals surface area contributed by atoms with Crippen molar-refractivity contribution >= 4 is 21.8 Å². The van der Waals surface area contributed by atoms with Gasteiger partial charge >= 0.3 is 0 Å². The van der Waals surface area contributed by atoms with Gasteiger partial charge in [-0.15, -0.1) is 6.58 Å². The van der Waals surface area contributed by atoms with Crippen LogP contribution in [0.3, 0.4) is 0 Å². The smallest absolute Gasteiger partial charge is 0.223 e. The van der Waals surface area contributed by atoms with Crippen molar-refractivity contribution in [3.8, 4) is 0 Å². The van der Waals surface area contributed by atoms with Crippen LogP contribution >= 0.6 is 15.9 Å². The Bertz CT molecular complexity index is 416. The van der Waals surface area contributed by atoms with E-state index in [2.05, 4.69) is 22.5 Å². The van der Waals surface area contributed by atoms with Gasteiger partial charge in [0.05, 0.1) is 0 Å². The van der Waals surface area contributed by atoms with Crippen molar-refractivity contribution < 1.29 is 4.79 Å². The Kier molecular flexibility index (Phi) is 3.44. The van der Waals surface area contributed by atoms with Crippen LogP contribution in [0.1, 0.15) is 12.0 Å². The Labute approximate surface area is 104 Å². The zero-order valence-electron chi connectivity index (χ0n) is 9.03. The lowest BCUT2D eigenvalue weighted by Gasteiger charge is -2.16. The van der Waals surface area contributed by atoms with Crippen LogP contribution in [0, 0.1) is 5.92 Å². The first-order valence-corrected chi connectivity index (χ1v) is 6.13. The van der Waals surface area contributed by atoms with E-state index in [4.69, 9.17) is 0 Å². The van der Waals surface area contributed by atoms with Crippen LogP contribution in [0.25, 0.3) is 0 Å². The lowest BCUT2D eigenvalue weighted by Crippen LogP contribution is -2.24. The van der Waals surface area contributed by atoms with Crippen molar-refractivity contribution in [2.75, 3.05) is 6.54 Å². The van der Waals surface area contributed by atoms with E-state index < -0.39 is 0 Å². The van der Waals surface area contributed by atoms with Crippen LogP contribution in [-0.2, 0) is 11.3 Å². The van der Waals surface area contributed by atoms with Gasteiger partial charge in [0, 0.05) is 29.9 Å². The molecular weight excluding hydrogens is 266 g/mol. The molecule has 1 aliphatic rings. The van der Waals surface area contributed by atoms with Gasteiger partial charge in [-0.25, -0.2) is 0 Å². The molecule has 0 N–H and O–H groups in total. The molecule has 0 spiro atoms. The predicted octanol–water partition coefficient (Wildman–Crippen LogP) is 2.98. The second kappa shape index (κ2) is 4.83. The number of benzene rings is 1. The van der Waals surface area contributed by atoms with Gasteiger partial charge in [0.25, 0.3) is 0 Å². The lowest BCUT2D eigenvalue weighted by molar-refractivity contribution is -0.128. The molecule has 0 aromatic heterocycles. The van der Waals surface area contributed by atoms with Crippen LogP contribution in [0.4, 0.5) is 0 Å². The molecule has 16 heavy (non-hydrogen) atoms. The molecule has 1 aromatic carbocycles. The SMILES string of the molecule is C=CC1CC(=O)N(Cc2ccccc2Br)C1. The monoisotopic (exact) mass is 279 g/mol. The fraction of sp³-hybridized carbons (Fsp3) is 0.308. The summed E-state index contributed by atoms with van der Waals surface area (Å²) in [6, 6.07) is 8.01. The molecule has 1 unspecified atom stereocenters. The molecule has 2 nitrogen and oxygen atoms in total. The Balaban J connectivity index is 2.08. The minimum absolute atomic E-state index is 0.223. The first kappa shape index (κ1) is 11.4. The maximum absolute atomic E-state index is 11.7. The van der Waals surface area contributed by atoms with E-state index in [9.17, 15) is 4.79 Å². The molecule has 1 aliphatic heterocycles. The summed E-state index contributed by atoms with van der Waals surface area (Å²) in [4.78, 5) is 13.6. The summed E-state index contributed by atoms with van der Waals surface area (Å²) >= 11 is 3.50. The number of carbonyl (C=O) groups excluding carboxylic acids is 1. The van der Waals surface area contributed by atoms with Crippen molar-refractivity contribution in [1.82, 2.24) is 4.90 Å². The standard InChI is InChI=1S/C13H14BrNO/c1-2-10-7-13(16)15(8-10)9-11-5-3-4-6-12(11)14/h2-6,10H,1,7-9H2. The number of carbonyl (C=O) groups is 1. The summed E-state index contributed by atoms with van der Waals surface area (Å²) in [7, 11) is 0. The summed E-state index contributed by atoms with van der Waals surface area (Å²) in [5, 5.41) is 0. The highest BCUT2D eigenvalue weighted by Crippen LogP contribution is 2.23. The molecule has 2 rings (SSSR count). The van der Waals surface area contributed by atoms with Crippen molar-refractivity contribution in [3.63, 3.8) is 0 Å². The molecule has 1 amide bonds. The number of rotatable bonds is 3. The minimum atomic E-state index is 0.223. The molecule has 0 bridgehead atoms. The number of amides is 1. The molecule has 84 valence electrons. The molecule has 0 saturated carbocycles. The molecule has 1 atom stereocenters. The number of hydrogen-bond donors (Lipinski definition) is 0. The van der Waals surface area contributed by atoms with Crippen LogP contribution in [-0.4, -0.2) is 17.4 Å². The summed E-state index contributed by atoms with van der Waals surface area (Å²) < 4.78 is 1.06. The molecule has 0 radical (unpaired) electrons. The second-order valence-corrected chi connectivity index (χ2v) is 4.92. The van der Waals surface area contributed by atoms with Crippen molar-refractivity contribution in [2.45, 2.75) is 13.0 Å². The maximum atomic E-state index is 11.7. The third-order valence-corrected chi connectivity index (χ3v) is 3.67. The van der Waals surface area contributed by atoms with E-state index in [1.54, 1.807) is 0 Å². The number of likely N-dealkylation sites (tertiary alicyclic amines) is 1. The van der Waals surface area contributed by atoms with E-state index >= 15 is 0 Å². The highest BCUT2D eigenvalue weighted by atomic mass is 79.9. The second-order valence-electron chi connectivity index (χ2n) is 4.07. The fourth-order valence-corrected chi connectivity index (χ4v) is 2.36. The molecule has 1 saturated heterocycles. The van der Waals surface area contributed by atoms with E-state index in [0.717, 1.165) is 16.6 Å². The van der Waals surface area contributed by atoms with Gasteiger partial charge in [0.15, 0.2) is 0 Å². The molecular formula is C13H14BrNO. The topological polar surface area (TPSA) is 20.3 Å². The number of nitrogens with zero attached hydrogens (tertiary/aromatic N) is 1. The average Bonchev–Trinajstić information content (AvgIpc) is 2.63. The molecule has 0 aliphatic carbocycles. The fourth-order valence-electron chi connectivity index (χ4n) is 1.95. The zero-order valence-corrected chi connectivity index (χ0v) is 10.6. The van der Waals surface area contributed by atoms with Crippen LogP contribution in [0.2, 0.25) is 0 Å². The molecule has 1 heterocycles. The number of hydrogen-bond acceptors (Lipinski definition) is 1. The summed E-state index contributed by atoms with van der Waals surface area (Å²) in [5.41, 5.74) is 1.15. The highest BCUT2D eigenvalue weighted by molar-refractivity contribution is 9.10. The van der Waals surface area contributed by atoms with E-state index in [0.29, 0.717) is 18.9 Å². The van der Waals surface area contributed by atoms with Crippen molar-refractivity contribution in [3.05, 3.63) is 47.0 Å².